The zero-order chi connectivity index (χ0) is 46.8. The number of cyclic esters (lactones) is 1. The lowest BCUT2D eigenvalue weighted by molar-refractivity contribution is -0.315. The molecule has 0 spiro atoms. The lowest BCUT2D eigenvalue weighted by atomic mass is 9.53. The zero-order valence-corrected chi connectivity index (χ0v) is 40.8. The second kappa shape index (κ2) is 18.7. The minimum absolute atomic E-state index is 0.0969. The number of hydrogen-bond donors (Lipinski definition) is 4. The van der Waals surface area contributed by atoms with Gasteiger partial charge in [0.2, 0.25) is 5.91 Å². The average molecular weight is 908 g/mol. The molecule has 4 heterocycles. The zero-order valence-electron chi connectivity index (χ0n) is 40.8. The first-order valence-corrected chi connectivity index (χ1v) is 24.3. The second-order valence-electron chi connectivity index (χ2n) is 22.0. The van der Waals surface area contributed by atoms with E-state index < -0.39 is 102 Å². The fourth-order valence-corrected chi connectivity index (χ4v) is 13.3. The van der Waals surface area contributed by atoms with Gasteiger partial charge < -0.3 is 63.4 Å². The summed E-state index contributed by atoms with van der Waals surface area (Å²) < 4.78 is 52.5. The number of aliphatic imine (C=N–C) groups is 1. The number of esters is 1. The van der Waals surface area contributed by atoms with Crippen LogP contribution < -0.4 is 5.32 Å². The molecule has 366 valence electrons. The molecule has 16 nitrogen and oxygen atoms in total. The number of nitrogens with one attached hydrogen (secondary N) is 1. The predicted molar refractivity (Wildman–Crippen MR) is 236 cm³/mol. The summed E-state index contributed by atoms with van der Waals surface area (Å²) in [5.74, 6) is -1.26. The third-order valence-corrected chi connectivity index (χ3v) is 16.8. The van der Waals surface area contributed by atoms with Crippen LogP contribution in [-0.4, -0.2) is 155 Å². The highest BCUT2D eigenvalue weighted by Gasteiger charge is 2.57. The Kier molecular flexibility index (Phi) is 14.6. The van der Waals surface area contributed by atoms with E-state index in [4.69, 9.17) is 42.9 Å². The molecule has 1 amide bonds. The molecule has 0 aromatic carbocycles. The minimum atomic E-state index is -1.94. The van der Waals surface area contributed by atoms with Crippen LogP contribution in [0.1, 0.15) is 133 Å². The number of carbonyl (C=O) groups excluding carboxylic acids is 2. The van der Waals surface area contributed by atoms with Crippen LogP contribution in [0.5, 0.6) is 0 Å². The average Bonchev–Trinajstić information content (AvgIpc) is 3.53. The van der Waals surface area contributed by atoms with E-state index in [2.05, 4.69) is 17.3 Å². The smallest absolute Gasteiger partial charge is 0.311 e. The minimum Gasteiger partial charge on any atom is -0.459 e. The SMILES string of the molecule is CCC1OC(=O)[C@H](C)[C@@H](O[C@H]2C[C@@](C)(OC)[C@@H](O)[C@H](C)O2)[C@@H](C)[C@@H](O[C@@H]2O[C@H](C)C[C@H]3[C@H]2OC(=NC24CC5CC(CC(C5)C2)C4)N3C)[C@](C)(OC)C[C@@H](C)C(=O)N[C@H](C)[C@@H](O)[C@]1(C)O. The van der Waals surface area contributed by atoms with Crippen molar-refractivity contribution in [3.63, 3.8) is 0 Å². The van der Waals surface area contributed by atoms with E-state index in [1.54, 1.807) is 48.7 Å². The quantitative estimate of drug-likeness (QED) is 0.249. The summed E-state index contributed by atoms with van der Waals surface area (Å²) in [7, 11) is 5.16. The highest BCUT2D eigenvalue weighted by Crippen LogP contribution is 2.57. The summed E-state index contributed by atoms with van der Waals surface area (Å²) in [4.78, 5) is 36.3. The van der Waals surface area contributed by atoms with Gasteiger partial charge in [-0.05, 0) is 124 Å². The molecular weight excluding hydrogens is 827 g/mol. The van der Waals surface area contributed by atoms with Gasteiger partial charge >= 0.3 is 5.97 Å². The summed E-state index contributed by atoms with van der Waals surface area (Å²) in [6, 6.07) is -0.382. The fraction of sp³-hybridized carbons (Fsp3) is 0.938. The molecule has 0 radical (unpaired) electrons. The second-order valence-corrected chi connectivity index (χ2v) is 22.0. The Labute approximate surface area is 381 Å². The highest BCUT2D eigenvalue weighted by molar-refractivity contribution is 5.79. The molecule has 8 aliphatic rings. The van der Waals surface area contributed by atoms with Crippen LogP contribution in [0.25, 0.3) is 0 Å². The molecule has 64 heavy (non-hydrogen) atoms. The maximum absolute atomic E-state index is 14.5. The summed E-state index contributed by atoms with van der Waals surface area (Å²) >= 11 is 0. The van der Waals surface area contributed by atoms with Crippen molar-refractivity contribution < 1.29 is 62.8 Å². The van der Waals surface area contributed by atoms with Crippen LogP contribution in [0.3, 0.4) is 0 Å². The number of rotatable bonds is 8. The van der Waals surface area contributed by atoms with Gasteiger partial charge in [0.25, 0.3) is 6.02 Å². The van der Waals surface area contributed by atoms with Crippen molar-refractivity contribution in [2.45, 2.75) is 229 Å². The van der Waals surface area contributed by atoms with E-state index in [0.29, 0.717) is 12.4 Å². The molecule has 0 aromatic rings. The summed E-state index contributed by atoms with van der Waals surface area (Å²) in [6.07, 6.45) is -0.423. The molecule has 4 saturated carbocycles. The van der Waals surface area contributed by atoms with Crippen LogP contribution in [0, 0.1) is 35.5 Å². The molecule has 4 bridgehead atoms. The van der Waals surface area contributed by atoms with Crippen molar-refractivity contribution >= 4 is 17.9 Å². The molecule has 8 rings (SSSR count). The van der Waals surface area contributed by atoms with Crippen molar-refractivity contribution in [2.75, 3.05) is 21.3 Å². The van der Waals surface area contributed by atoms with E-state index in [9.17, 15) is 24.9 Å². The molecule has 4 saturated heterocycles. The molecular formula is C48H81N3O13. The van der Waals surface area contributed by atoms with E-state index >= 15 is 0 Å². The predicted octanol–water partition coefficient (Wildman–Crippen LogP) is 4.47. The first-order chi connectivity index (χ1) is 30.0. The Balaban J connectivity index is 1.27. The van der Waals surface area contributed by atoms with E-state index in [1.165, 1.54) is 33.3 Å². The summed E-state index contributed by atoms with van der Waals surface area (Å²) in [6.45, 7) is 17.6. The molecule has 4 aliphatic carbocycles. The van der Waals surface area contributed by atoms with Gasteiger partial charge in [0.15, 0.2) is 18.7 Å². The maximum Gasteiger partial charge on any atom is 0.311 e. The van der Waals surface area contributed by atoms with Gasteiger partial charge in [-0.25, -0.2) is 4.99 Å². The molecule has 16 heteroatoms. The standard InChI is InChI=1S/C48H81N3O13/c1-14-34-47(10,56)38(52)28(6)49-41(54)24(2)19-46(9,58-13)40(26(4)36(27(5)42(55)61-34)62-35-23-45(8,57-12)39(53)29(7)60-35)64-43-37-33(15-25(3)59-43)51(11)44(63-37)50-48-20-30-16-31(21-48)18-32(17-30)22-48/h24-40,43,52-53,56H,14-23H2,1-13H3,(H,49,54)/t24-,25-,26-,27-,28-,29+,30?,31?,32?,33+,34?,35+,36+,37-,38-,39+,40-,43+,45-,46-,47-,48?/m1/s1. The fourth-order valence-electron chi connectivity index (χ4n) is 13.3. The van der Waals surface area contributed by atoms with Gasteiger partial charge in [0.05, 0.1) is 59.2 Å². The first kappa shape index (κ1) is 49.7. The van der Waals surface area contributed by atoms with E-state index in [0.717, 1.165) is 37.0 Å². The number of carbonyl (C=O) groups is 2. The molecule has 18 atom stereocenters. The van der Waals surface area contributed by atoms with Gasteiger partial charge in [0.1, 0.15) is 23.9 Å². The van der Waals surface area contributed by atoms with E-state index in [1.807, 2.05) is 20.8 Å². The van der Waals surface area contributed by atoms with Crippen molar-refractivity contribution in [2.24, 2.45) is 40.5 Å². The third kappa shape index (κ3) is 9.48. The number of hydrogen-bond acceptors (Lipinski definition) is 14. The third-order valence-electron chi connectivity index (χ3n) is 16.8. The van der Waals surface area contributed by atoms with Crippen molar-refractivity contribution in [3.8, 4) is 0 Å². The lowest BCUT2D eigenvalue weighted by Gasteiger charge is -2.54. The van der Waals surface area contributed by atoms with Crippen LogP contribution in [0.4, 0.5) is 0 Å². The van der Waals surface area contributed by atoms with Crippen molar-refractivity contribution in [1.29, 1.82) is 0 Å². The number of aliphatic hydroxyl groups is 3. The van der Waals surface area contributed by atoms with Crippen molar-refractivity contribution in [1.82, 2.24) is 10.2 Å². The number of methoxy groups -OCH3 is 2. The van der Waals surface area contributed by atoms with Gasteiger partial charge in [-0.15, -0.1) is 0 Å². The molecule has 0 aromatic heterocycles. The molecule has 8 fully saturated rings. The number of fused-ring (bicyclic) bond motifs is 1. The van der Waals surface area contributed by atoms with Crippen LogP contribution in [-0.2, 0) is 47.5 Å². The van der Waals surface area contributed by atoms with Gasteiger partial charge in [0, 0.05) is 39.5 Å². The monoisotopic (exact) mass is 908 g/mol. The Hall–Kier alpha value is -2.15. The molecule has 4 N–H and O–H groups in total. The highest BCUT2D eigenvalue weighted by atomic mass is 16.7. The Morgan fingerprint density at radius 3 is 2.00 bits per heavy atom. The molecule has 1 unspecified atom stereocenters. The largest absolute Gasteiger partial charge is 0.459 e. The number of likely N-dealkylation sites (N-methyl/N-ethyl adjacent to an activating group) is 1. The lowest BCUT2D eigenvalue weighted by Crippen LogP contribution is -2.60. The van der Waals surface area contributed by atoms with E-state index in [-0.39, 0.29) is 42.9 Å². The van der Waals surface area contributed by atoms with Crippen molar-refractivity contribution in [3.05, 3.63) is 0 Å². The number of ether oxygens (including phenoxy) is 8. The summed E-state index contributed by atoms with van der Waals surface area (Å²) in [5, 5.41) is 37.3. The molecule has 4 aliphatic heterocycles. The van der Waals surface area contributed by atoms with Gasteiger partial charge in [-0.3, -0.25) is 9.59 Å². The van der Waals surface area contributed by atoms with Gasteiger partial charge in [-0.1, -0.05) is 20.8 Å². The van der Waals surface area contributed by atoms with Crippen LogP contribution >= 0.6 is 0 Å². The Morgan fingerprint density at radius 1 is 0.812 bits per heavy atom. The Bertz CT molecular complexity index is 1660. The topological polar surface area (TPSA) is 196 Å². The maximum atomic E-state index is 14.5. The van der Waals surface area contributed by atoms with Crippen LogP contribution in [0.2, 0.25) is 0 Å². The normalized spacial score (nSPS) is 52.1. The number of nitrogens with zero attached hydrogens (tertiary/aromatic N) is 2. The Morgan fingerprint density at radius 2 is 1.42 bits per heavy atom. The first-order valence-electron chi connectivity index (χ1n) is 24.3. The van der Waals surface area contributed by atoms with Crippen LogP contribution in [0.15, 0.2) is 4.99 Å². The number of amidine groups is 1. The summed E-state index contributed by atoms with van der Waals surface area (Å²) in [5.41, 5.74) is -4.31. The number of aliphatic hydroxyl groups excluding tert-OH is 2. The number of amides is 1. The van der Waals surface area contributed by atoms with Gasteiger partial charge in [-0.2, -0.15) is 0 Å².